The van der Waals surface area contributed by atoms with E-state index >= 15 is 0 Å². The number of hydrogen-bond donors (Lipinski definition) is 1. The first kappa shape index (κ1) is 11.7. The predicted molar refractivity (Wildman–Crippen MR) is 74.8 cm³/mol. The van der Waals surface area contributed by atoms with Gasteiger partial charge in [0.1, 0.15) is 0 Å². The summed E-state index contributed by atoms with van der Waals surface area (Å²) in [6.07, 6.45) is 3.67. The molecule has 0 atom stereocenters. The van der Waals surface area contributed by atoms with E-state index in [9.17, 15) is 0 Å². The van der Waals surface area contributed by atoms with Crippen LogP contribution in [-0.2, 0) is 6.42 Å². The lowest BCUT2D eigenvalue weighted by molar-refractivity contribution is 0.795. The van der Waals surface area contributed by atoms with Crippen molar-refractivity contribution < 1.29 is 0 Å². The van der Waals surface area contributed by atoms with Crippen LogP contribution >= 0.6 is 0 Å². The van der Waals surface area contributed by atoms with E-state index in [1.54, 1.807) is 0 Å². The van der Waals surface area contributed by atoms with Gasteiger partial charge in [0.2, 0.25) is 0 Å². The molecule has 1 N–H and O–H groups in total. The summed E-state index contributed by atoms with van der Waals surface area (Å²) in [4.78, 5) is 0. The lowest BCUT2D eigenvalue weighted by atomic mass is 10.1. The molecule has 1 heteroatoms. The van der Waals surface area contributed by atoms with Crippen LogP contribution in [0.4, 0.5) is 11.4 Å². The van der Waals surface area contributed by atoms with Crippen LogP contribution in [0.2, 0.25) is 0 Å². The Hall–Kier alpha value is -1.76. The maximum absolute atomic E-state index is 3.42. The van der Waals surface area contributed by atoms with Crippen LogP contribution in [0.5, 0.6) is 0 Å². The SMILES string of the molecule is CCCCc1cccc(Nc2ccccc2)c1. The Bertz CT molecular complexity index is 448. The van der Waals surface area contributed by atoms with Crippen molar-refractivity contribution in [1.29, 1.82) is 0 Å². The Morgan fingerprint density at radius 3 is 2.41 bits per heavy atom. The van der Waals surface area contributed by atoms with Crippen molar-refractivity contribution in [2.24, 2.45) is 0 Å². The van der Waals surface area contributed by atoms with Crippen molar-refractivity contribution in [3.63, 3.8) is 0 Å². The van der Waals surface area contributed by atoms with E-state index in [0.29, 0.717) is 0 Å². The molecule has 0 amide bonds. The first-order valence-electron chi connectivity index (χ1n) is 6.29. The van der Waals surface area contributed by atoms with Crippen molar-refractivity contribution >= 4 is 11.4 Å². The smallest absolute Gasteiger partial charge is 0.0386 e. The second-order valence-electron chi connectivity index (χ2n) is 4.29. The van der Waals surface area contributed by atoms with Gasteiger partial charge in [-0.3, -0.25) is 0 Å². The van der Waals surface area contributed by atoms with Crippen LogP contribution in [0, 0.1) is 0 Å². The molecule has 0 heterocycles. The first-order valence-corrected chi connectivity index (χ1v) is 6.29. The van der Waals surface area contributed by atoms with Crippen LogP contribution in [0.15, 0.2) is 54.6 Å². The van der Waals surface area contributed by atoms with E-state index in [4.69, 9.17) is 0 Å². The van der Waals surface area contributed by atoms with Crippen molar-refractivity contribution in [3.8, 4) is 0 Å². The summed E-state index contributed by atoms with van der Waals surface area (Å²) in [7, 11) is 0. The molecule has 0 unspecified atom stereocenters. The highest BCUT2D eigenvalue weighted by molar-refractivity contribution is 5.59. The molecule has 2 aromatic rings. The zero-order valence-electron chi connectivity index (χ0n) is 10.3. The highest BCUT2D eigenvalue weighted by atomic mass is 14.9. The fourth-order valence-electron chi connectivity index (χ4n) is 1.87. The number of aryl methyl sites for hydroxylation is 1. The van der Waals surface area contributed by atoms with Gasteiger partial charge in [-0.1, -0.05) is 43.7 Å². The number of anilines is 2. The van der Waals surface area contributed by atoms with Gasteiger partial charge in [-0.15, -0.1) is 0 Å². The fourth-order valence-corrected chi connectivity index (χ4v) is 1.87. The minimum atomic E-state index is 1.14. The molecule has 0 bridgehead atoms. The largest absolute Gasteiger partial charge is 0.356 e. The lowest BCUT2D eigenvalue weighted by Gasteiger charge is -2.08. The van der Waals surface area contributed by atoms with Gasteiger partial charge >= 0.3 is 0 Å². The second-order valence-corrected chi connectivity index (χ2v) is 4.29. The van der Waals surface area contributed by atoms with Crippen molar-refractivity contribution in [2.45, 2.75) is 26.2 Å². The standard InChI is InChI=1S/C16H19N/c1-2-3-8-14-9-7-12-16(13-14)17-15-10-5-4-6-11-15/h4-7,9-13,17H,2-3,8H2,1H3. The molecule has 0 fully saturated rings. The summed E-state index contributed by atoms with van der Waals surface area (Å²) in [5.74, 6) is 0. The molecular weight excluding hydrogens is 206 g/mol. The molecule has 2 rings (SSSR count). The molecule has 88 valence electrons. The number of nitrogens with one attached hydrogen (secondary N) is 1. The van der Waals surface area contributed by atoms with Crippen LogP contribution in [0.25, 0.3) is 0 Å². The molecule has 2 aromatic carbocycles. The van der Waals surface area contributed by atoms with E-state index in [-0.39, 0.29) is 0 Å². The van der Waals surface area contributed by atoms with Gasteiger partial charge in [-0.2, -0.15) is 0 Å². The molecule has 0 aromatic heterocycles. The monoisotopic (exact) mass is 225 g/mol. The van der Waals surface area contributed by atoms with Gasteiger partial charge in [0.05, 0.1) is 0 Å². The van der Waals surface area contributed by atoms with E-state index in [1.807, 2.05) is 18.2 Å². The van der Waals surface area contributed by atoms with Crippen LogP contribution in [0.1, 0.15) is 25.3 Å². The number of unbranched alkanes of at least 4 members (excludes halogenated alkanes) is 1. The lowest BCUT2D eigenvalue weighted by Crippen LogP contribution is -1.91. The van der Waals surface area contributed by atoms with E-state index < -0.39 is 0 Å². The molecule has 0 spiro atoms. The molecular formula is C16H19N. The van der Waals surface area contributed by atoms with Crippen molar-refractivity contribution in [2.75, 3.05) is 5.32 Å². The topological polar surface area (TPSA) is 12.0 Å². The molecule has 0 aliphatic rings. The van der Waals surface area contributed by atoms with Gasteiger partial charge < -0.3 is 5.32 Å². The summed E-state index contributed by atoms with van der Waals surface area (Å²) >= 11 is 0. The van der Waals surface area contributed by atoms with Gasteiger partial charge in [-0.25, -0.2) is 0 Å². The number of hydrogen-bond acceptors (Lipinski definition) is 1. The summed E-state index contributed by atoms with van der Waals surface area (Å²) in [5, 5.41) is 3.42. The molecule has 17 heavy (non-hydrogen) atoms. The fraction of sp³-hybridized carbons (Fsp3) is 0.250. The first-order chi connectivity index (χ1) is 8.38. The Kier molecular flexibility index (Phi) is 4.20. The molecule has 0 radical (unpaired) electrons. The summed E-state index contributed by atoms with van der Waals surface area (Å²) < 4.78 is 0. The zero-order valence-corrected chi connectivity index (χ0v) is 10.3. The second kappa shape index (κ2) is 6.09. The van der Waals surface area contributed by atoms with Crippen LogP contribution < -0.4 is 5.32 Å². The number of para-hydroxylation sites is 1. The molecule has 0 saturated carbocycles. The predicted octanol–water partition coefficient (Wildman–Crippen LogP) is 4.77. The zero-order chi connectivity index (χ0) is 11.9. The highest BCUT2D eigenvalue weighted by Gasteiger charge is 1.96. The normalized spacial score (nSPS) is 10.2. The van der Waals surface area contributed by atoms with Crippen molar-refractivity contribution in [3.05, 3.63) is 60.2 Å². The molecule has 1 nitrogen and oxygen atoms in total. The number of rotatable bonds is 5. The third-order valence-corrected chi connectivity index (χ3v) is 2.81. The van der Waals surface area contributed by atoms with E-state index in [1.165, 1.54) is 30.5 Å². The van der Waals surface area contributed by atoms with Gasteiger partial charge in [-0.05, 0) is 42.7 Å². The third kappa shape index (κ3) is 3.63. The highest BCUT2D eigenvalue weighted by Crippen LogP contribution is 2.18. The Labute approximate surface area is 103 Å². The minimum absolute atomic E-state index is 1.14. The molecule has 0 aliphatic heterocycles. The summed E-state index contributed by atoms with van der Waals surface area (Å²) in [6, 6.07) is 19.0. The Morgan fingerprint density at radius 2 is 1.65 bits per heavy atom. The summed E-state index contributed by atoms with van der Waals surface area (Å²) in [6.45, 7) is 2.23. The van der Waals surface area contributed by atoms with Gasteiger partial charge in [0.25, 0.3) is 0 Å². The Balaban J connectivity index is 2.06. The van der Waals surface area contributed by atoms with Gasteiger partial charge in [0, 0.05) is 11.4 Å². The van der Waals surface area contributed by atoms with E-state index in [0.717, 1.165) is 5.69 Å². The van der Waals surface area contributed by atoms with Crippen LogP contribution in [-0.4, -0.2) is 0 Å². The maximum atomic E-state index is 3.42. The summed E-state index contributed by atoms with van der Waals surface area (Å²) in [5.41, 5.74) is 3.72. The van der Waals surface area contributed by atoms with E-state index in [2.05, 4.69) is 48.6 Å². The van der Waals surface area contributed by atoms with Crippen molar-refractivity contribution in [1.82, 2.24) is 0 Å². The quantitative estimate of drug-likeness (QED) is 0.772. The average molecular weight is 225 g/mol. The molecule has 0 saturated heterocycles. The minimum Gasteiger partial charge on any atom is -0.356 e. The van der Waals surface area contributed by atoms with Crippen LogP contribution in [0.3, 0.4) is 0 Å². The maximum Gasteiger partial charge on any atom is 0.0386 e. The average Bonchev–Trinajstić information content (AvgIpc) is 2.38. The molecule has 0 aliphatic carbocycles. The Morgan fingerprint density at radius 1 is 0.882 bits per heavy atom. The third-order valence-electron chi connectivity index (χ3n) is 2.81. The van der Waals surface area contributed by atoms with Gasteiger partial charge in [0.15, 0.2) is 0 Å². The number of benzene rings is 2.